The molecule has 0 heterocycles. The van der Waals surface area contributed by atoms with E-state index >= 15 is 0 Å². The molecule has 0 amide bonds. The summed E-state index contributed by atoms with van der Waals surface area (Å²) in [4.78, 5) is 10.7. The Morgan fingerprint density at radius 3 is 2.50 bits per heavy atom. The Morgan fingerprint density at radius 1 is 1.31 bits per heavy atom. The third kappa shape index (κ3) is 4.15. The molecule has 0 spiro atoms. The molecule has 0 fully saturated rings. The summed E-state index contributed by atoms with van der Waals surface area (Å²) in [7, 11) is 1.70. The molecule has 0 N–H and O–H groups in total. The highest BCUT2D eigenvalue weighted by atomic mass is 16.5. The number of rotatable bonds is 7. The molecular formula is C14H19O2. The van der Waals surface area contributed by atoms with Crippen molar-refractivity contribution in [3.8, 4) is 0 Å². The van der Waals surface area contributed by atoms with Gasteiger partial charge in [0, 0.05) is 13.0 Å². The molecule has 2 unspecified atom stereocenters. The highest BCUT2D eigenvalue weighted by Crippen LogP contribution is 2.15. The van der Waals surface area contributed by atoms with E-state index in [1.54, 1.807) is 7.11 Å². The van der Waals surface area contributed by atoms with Crippen LogP contribution in [0.25, 0.3) is 0 Å². The van der Waals surface area contributed by atoms with E-state index in [-0.39, 0.29) is 12.0 Å². The van der Waals surface area contributed by atoms with Crippen molar-refractivity contribution in [1.29, 1.82) is 0 Å². The van der Waals surface area contributed by atoms with Gasteiger partial charge in [-0.25, -0.2) is 0 Å². The minimum Gasteiger partial charge on any atom is -0.381 e. The van der Waals surface area contributed by atoms with E-state index in [1.807, 2.05) is 25.1 Å². The lowest BCUT2D eigenvalue weighted by atomic mass is 9.96. The van der Waals surface area contributed by atoms with Crippen LogP contribution in [-0.4, -0.2) is 19.5 Å². The topological polar surface area (TPSA) is 26.3 Å². The second-order valence-electron chi connectivity index (χ2n) is 4.01. The lowest BCUT2D eigenvalue weighted by Gasteiger charge is -2.17. The lowest BCUT2D eigenvalue weighted by Crippen LogP contribution is -2.19. The third-order valence-corrected chi connectivity index (χ3v) is 2.85. The maximum absolute atomic E-state index is 10.7. The summed E-state index contributed by atoms with van der Waals surface area (Å²) in [5.41, 5.74) is 1.25. The van der Waals surface area contributed by atoms with Crippen molar-refractivity contribution in [2.75, 3.05) is 7.11 Å². The first-order valence-corrected chi connectivity index (χ1v) is 5.74. The summed E-state index contributed by atoms with van der Waals surface area (Å²) in [6.45, 7) is 2.00. The highest BCUT2D eigenvalue weighted by Gasteiger charge is 2.15. The van der Waals surface area contributed by atoms with Crippen molar-refractivity contribution < 1.29 is 9.53 Å². The van der Waals surface area contributed by atoms with E-state index in [9.17, 15) is 4.79 Å². The van der Waals surface area contributed by atoms with Gasteiger partial charge in [-0.15, -0.1) is 0 Å². The number of ether oxygens (including phenoxy) is 1. The van der Waals surface area contributed by atoms with Crippen LogP contribution in [0.5, 0.6) is 0 Å². The van der Waals surface area contributed by atoms with Gasteiger partial charge in [-0.3, -0.25) is 4.79 Å². The second kappa shape index (κ2) is 7.18. The average molecular weight is 219 g/mol. The van der Waals surface area contributed by atoms with E-state index in [0.717, 1.165) is 19.3 Å². The fourth-order valence-corrected chi connectivity index (χ4v) is 1.76. The van der Waals surface area contributed by atoms with Gasteiger partial charge in [-0.1, -0.05) is 37.3 Å². The van der Waals surface area contributed by atoms with E-state index in [4.69, 9.17) is 4.74 Å². The van der Waals surface area contributed by atoms with Crippen molar-refractivity contribution >= 4 is 6.29 Å². The molecule has 1 radical (unpaired) electrons. The van der Waals surface area contributed by atoms with Gasteiger partial charge in [-0.05, 0) is 24.8 Å². The monoisotopic (exact) mass is 219 g/mol. The fraction of sp³-hybridized carbons (Fsp3) is 0.500. The van der Waals surface area contributed by atoms with Crippen LogP contribution >= 0.6 is 0 Å². The van der Waals surface area contributed by atoms with Gasteiger partial charge in [0.05, 0.1) is 6.10 Å². The van der Waals surface area contributed by atoms with Crippen LogP contribution < -0.4 is 0 Å². The standard InChI is InChI=1S/C14H19O2/c1-3-12(11-15)9-14(16-2)10-13-7-5-4-6-8-13/h4-8,12,14H,3,9-10H2,1-2H3. The minimum absolute atomic E-state index is 0.00587. The first-order valence-electron chi connectivity index (χ1n) is 5.74. The van der Waals surface area contributed by atoms with Gasteiger partial charge in [0.1, 0.15) is 0 Å². The maximum Gasteiger partial charge on any atom is 0.201 e. The molecule has 0 aliphatic carbocycles. The smallest absolute Gasteiger partial charge is 0.201 e. The molecule has 1 aromatic rings. The van der Waals surface area contributed by atoms with Gasteiger partial charge in [0.2, 0.25) is 6.29 Å². The van der Waals surface area contributed by atoms with Crippen LogP contribution in [0, 0.1) is 5.92 Å². The van der Waals surface area contributed by atoms with Gasteiger partial charge >= 0.3 is 0 Å². The highest BCUT2D eigenvalue weighted by molar-refractivity contribution is 5.54. The van der Waals surface area contributed by atoms with E-state index < -0.39 is 0 Å². The molecule has 0 saturated heterocycles. The van der Waals surface area contributed by atoms with Gasteiger partial charge in [0.25, 0.3) is 0 Å². The van der Waals surface area contributed by atoms with Gasteiger partial charge < -0.3 is 4.74 Å². The van der Waals surface area contributed by atoms with Gasteiger partial charge in [0.15, 0.2) is 0 Å². The predicted octanol–water partition coefficient (Wildman–Crippen LogP) is 2.77. The maximum atomic E-state index is 10.7. The quantitative estimate of drug-likeness (QED) is 0.705. The number of benzene rings is 1. The van der Waals surface area contributed by atoms with Crippen molar-refractivity contribution in [2.24, 2.45) is 5.92 Å². The Morgan fingerprint density at radius 2 is 2.00 bits per heavy atom. The normalized spacial score (nSPS) is 14.4. The molecular weight excluding hydrogens is 200 g/mol. The molecule has 1 rings (SSSR count). The molecule has 87 valence electrons. The first-order chi connectivity index (χ1) is 7.80. The first kappa shape index (κ1) is 12.9. The number of hydrogen-bond acceptors (Lipinski definition) is 2. The van der Waals surface area contributed by atoms with Crippen molar-refractivity contribution in [2.45, 2.75) is 32.3 Å². The molecule has 0 bridgehead atoms. The molecule has 1 aromatic carbocycles. The summed E-state index contributed by atoms with van der Waals surface area (Å²) in [6, 6.07) is 10.2. The van der Waals surface area contributed by atoms with Crippen LogP contribution in [0.2, 0.25) is 0 Å². The molecule has 0 aliphatic heterocycles. The SMILES string of the molecule is CCC([C]=O)CC(Cc1ccccc1)OC. The third-order valence-electron chi connectivity index (χ3n) is 2.85. The summed E-state index contributed by atoms with van der Waals surface area (Å²) < 4.78 is 5.41. The molecule has 2 heteroatoms. The minimum atomic E-state index is -0.00587. The zero-order valence-corrected chi connectivity index (χ0v) is 9.98. The van der Waals surface area contributed by atoms with E-state index in [2.05, 4.69) is 18.4 Å². The van der Waals surface area contributed by atoms with Crippen LogP contribution in [-0.2, 0) is 16.0 Å². The fourth-order valence-electron chi connectivity index (χ4n) is 1.76. The number of hydrogen-bond donors (Lipinski definition) is 0. The Hall–Kier alpha value is -1.15. The zero-order chi connectivity index (χ0) is 11.8. The summed E-state index contributed by atoms with van der Waals surface area (Å²) >= 11 is 0. The van der Waals surface area contributed by atoms with E-state index in [1.165, 1.54) is 5.56 Å². The van der Waals surface area contributed by atoms with Crippen LogP contribution in [0.4, 0.5) is 0 Å². The van der Waals surface area contributed by atoms with Crippen LogP contribution in [0.15, 0.2) is 30.3 Å². The molecule has 0 saturated carbocycles. The van der Waals surface area contributed by atoms with Crippen LogP contribution in [0.1, 0.15) is 25.3 Å². The Balaban J connectivity index is 2.52. The van der Waals surface area contributed by atoms with Crippen LogP contribution in [0.3, 0.4) is 0 Å². The Kier molecular flexibility index (Phi) is 5.79. The summed E-state index contributed by atoms with van der Waals surface area (Å²) in [5, 5.41) is 0. The number of carbonyl (C=O) groups excluding carboxylic acids is 1. The number of methoxy groups -OCH3 is 1. The molecule has 0 aromatic heterocycles. The summed E-state index contributed by atoms with van der Waals surface area (Å²) in [5.74, 6) is -0.00587. The average Bonchev–Trinajstić information content (AvgIpc) is 2.35. The van der Waals surface area contributed by atoms with Crippen molar-refractivity contribution in [1.82, 2.24) is 0 Å². The Bertz CT molecular complexity index is 295. The molecule has 16 heavy (non-hydrogen) atoms. The Labute approximate surface area is 97.6 Å². The zero-order valence-electron chi connectivity index (χ0n) is 9.98. The second-order valence-corrected chi connectivity index (χ2v) is 4.01. The predicted molar refractivity (Wildman–Crippen MR) is 65.0 cm³/mol. The van der Waals surface area contributed by atoms with Crippen molar-refractivity contribution in [3.63, 3.8) is 0 Å². The summed E-state index contributed by atoms with van der Waals surface area (Å²) in [6.07, 6.45) is 4.62. The van der Waals surface area contributed by atoms with Gasteiger partial charge in [-0.2, -0.15) is 0 Å². The van der Waals surface area contributed by atoms with Crippen molar-refractivity contribution in [3.05, 3.63) is 35.9 Å². The molecule has 2 nitrogen and oxygen atoms in total. The molecule has 0 aliphatic rings. The molecule has 2 atom stereocenters. The van der Waals surface area contributed by atoms with E-state index in [0.29, 0.717) is 0 Å². The largest absolute Gasteiger partial charge is 0.381 e. The lowest BCUT2D eigenvalue weighted by molar-refractivity contribution is 0.0870.